The van der Waals surface area contributed by atoms with Crippen LogP contribution in [0.1, 0.15) is 26.2 Å². The van der Waals surface area contributed by atoms with Crippen molar-refractivity contribution in [3.8, 4) is 0 Å². The zero-order valence-electron chi connectivity index (χ0n) is 7.61. The SMILES string of the molecule is C/C=C/C=C/C1CCCCN1O. The Kier molecular flexibility index (Phi) is 4.05. The molecule has 1 aliphatic rings. The van der Waals surface area contributed by atoms with Gasteiger partial charge in [0.1, 0.15) is 0 Å². The number of allylic oxidation sites excluding steroid dienone is 3. The summed E-state index contributed by atoms with van der Waals surface area (Å²) >= 11 is 0. The van der Waals surface area contributed by atoms with Gasteiger partial charge in [0, 0.05) is 6.54 Å². The standard InChI is InChI=1S/C10H17NO/c1-2-3-4-7-10-8-5-6-9-11(10)12/h2-4,7,10,12H,5-6,8-9H2,1H3/b3-2+,7-4+. The van der Waals surface area contributed by atoms with Crippen LogP contribution in [0.15, 0.2) is 24.3 Å². The van der Waals surface area contributed by atoms with E-state index in [4.69, 9.17) is 0 Å². The van der Waals surface area contributed by atoms with Crippen LogP contribution in [0.5, 0.6) is 0 Å². The molecule has 0 aliphatic carbocycles. The van der Waals surface area contributed by atoms with Gasteiger partial charge in [0.25, 0.3) is 0 Å². The van der Waals surface area contributed by atoms with Gasteiger partial charge in [-0.2, -0.15) is 5.06 Å². The fourth-order valence-corrected chi connectivity index (χ4v) is 1.44. The van der Waals surface area contributed by atoms with Gasteiger partial charge in [-0.15, -0.1) is 0 Å². The summed E-state index contributed by atoms with van der Waals surface area (Å²) in [6.45, 7) is 2.80. The number of rotatable bonds is 2. The lowest BCUT2D eigenvalue weighted by molar-refractivity contribution is -0.127. The Bertz CT molecular complexity index is 175. The smallest absolute Gasteiger partial charge is 0.0533 e. The molecule has 1 atom stereocenters. The summed E-state index contributed by atoms with van der Waals surface area (Å²) in [7, 11) is 0. The van der Waals surface area contributed by atoms with E-state index in [1.165, 1.54) is 11.5 Å². The van der Waals surface area contributed by atoms with E-state index in [0.29, 0.717) is 0 Å². The molecular formula is C10H17NO. The van der Waals surface area contributed by atoms with Crippen molar-refractivity contribution in [1.29, 1.82) is 0 Å². The van der Waals surface area contributed by atoms with Gasteiger partial charge in [0.05, 0.1) is 6.04 Å². The van der Waals surface area contributed by atoms with Crippen LogP contribution < -0.4 is 0 Å². The van der Waals surface area contributed by atoms with Crippen LogP contribution in [0, 0.1) is 0 Å². The summed E-state index contributed by atoms with van der Waals surface area (Å²) in [6, 6.07) is 0.231. The first-order chi connectivity index (χ1) is 5.84. The molecule has 2 nitrogen and oxygen atoms in total. The third kappa shape index (κ3) is 2.80. The maximum absolute atomic E-state index is 9.43. The van der Waals surface area contributed by atoms with Gasteiger partial charge >= 0.3 is 0 Å². The number of piperidine rings is 1. The average molecular weight is 167 g/mol. The number of hydroxylamine groups is 2. The summed E-state index contributed by atoms with van der Waals surface area (Å²) < 4.78 is 0. The van der Waals surface area contributed by atoms with Crippen LogP contribution in [-0.4, -0.2) is 22.9 Å². The third-order valence-electron chi connectivity index (χ3n) is 2.16. The molecule has 0 saturated carbocycles. The first-order valence-corrected chi connectivity index (χ1v) is 4.59. The largest absolute Gasteiger partial charge is 0.313 e. The minimum absolute atomic E-state index is 0.231. The van der Waals surface area contributed by atoms with Gasteiger partial charge in [-0.3, -0.25) is 0 Å². The summed E-state index contributed by atoms with van der Waals surface area (Å²) in [5.74, 6) is 0. The van der Waals surface area contributed by atoms with Crippen molar-refractivity contribution in [3.05, 3.63) is 24.3 Å². The Labute approximate surface area is 74.1 Å². The molecule has 1 saturated heterocycles. The second kappa shape index (κ2) is 5.12. The van der Waals surface area contributed by atoms with E-state index in [2.05, 4.69) is 6.08 Å². The van der Waals surface area contributed by atoms with E-state index in [-0.39, 0.29) is 6.04 Å². The lowest BCUT2D eigenvalue weighted by atomic mass is 10.0. The molecule has 0 radical (unpaired) electrons. The fourth-order valence-electron chi connectivity index (χ4n) is 1.44. The van der Waals surface area contributed by atoms with Gasteiger partial charge in [0.2, 0.25) is 0 Å². The van der Waals surface area contributed by atoms with Crippen molar-refractivity contribution >= 4 is 0 Å². The summed E-state index contributed by atoms with van der Waals surface area (Å²) in [5, 5.41) is 10.9. The van der Waals surface area contributed by atoms with E-state index in [1.54, 1.807) is 0 Å². The van der Waals surface area contributed by atoms with Crippen LogP contribution in [0.2, 0.25) is 0 Å². The molecule has 0 spiro atoms. The molecule has 1 rings (SSSR count). The number of nitrogens with zero attached hydrogens (tertiary/aromatic N) is 1. The minimum Gasteiger partial charge on any atom is -0.313 e. The van der Waals surface area contributed by atoms with Gasteiger partial charge in [-0.1, -0.05) is 30.7 Å². The molecule has 0 aromatic rings. The van der Waals surface area contributed by atoms with E-state index >= 15 is 0 Å². The predicted molar refractivity (Wildman–Crippen MR) is 50.1 cm³/mol. The molecule has 68 valence electrons. The Morgan fingerprint density at radius 3 is 2.83 bits per heavy atom. The second-order valence-corrected chi connectivity index (χ2v) is 3.14. The summed E-state index contributed by atoms with van der Waals surface area (Å²) in [5.41, 5.74) is 0. The fraction of sp³-hybridized carbons (Fsp3) is 0.600. The van der Waals surface area contributed by atoms with Gasteiger partial charge in [-0.05, 0) is 19.8 Å². The maximum Gasteiger partial charge on any atom is 0.0533 e. The van der Waals surface area contributed by atoms with Crippen LogP contribution in [-0.2, 0) is 0 Å². The number of hydrogen-bond acceptors (Lipinski definition) is 2. The van der Waals surface area contributed by atoms with E-state index in [0.717, 1.165) is 19.4 Å². The van der Waals surface area contributed by atoms with Crippen molar-refractivity contribution in [1.82, 2.24) is 5.06 Å². The molecule has 12 heavy (non-hydrogen) atoms. The molecular weight excluding hydrogens is 150 g/mol. The highest BCUT2D eigenvalue weighted by Crippen LogP contribution is 2.15. The maximum atomic E-state index is 9.43. The number of hydrogen-bond donors (Lipinski definition) is 1. The van der Waals surface area contributed by atoms with Crippen LogP contribution in [0.3, 0.4) is 0 Å². The normalized spacial score (nSPS) is 27.3. The van der Waals surface area contributed by atoms with E-state index in [1.807, 2.05) is 25.2 Å². The van der Waals surface area contributed by atoms with Crippen LogP contribution in [0.4, 0.5) is 0 Å². The van der Waals surface area contributed by atoms with Gasteiger partial charge in [0.15, 0.2) is 0 Å². The molecule has 0 aromatic heterocycles. The lowest BCUT2D eigenvalue weighted by Gasteiger charge is -2.27. The van der Waals surface area contributed by atoms with Crippen molar-refractivity contribution < 1.29 is 5.21 Å². The minimum atomic E-state index is 0.231. The highest BCUT2D eigenvalue weighted by atomic mass is 16.5. The highest BCUT2D eigenvalue weighted by Gasteiger charge is 2.16. The first kappa shape index (κ1) is 9.49. The topological polar surface area (TPSA) is 23.5 Å². The van der Waals surface area contributed by atoms with Crippen molar-refractivity contribution in [2.45, 2.75) is 32.2 Å². The monoisotopic (exact) mass is 167 g/mol. The Balaban J connectivity index is 2.38. The van der Waals surface area contributed by atoms with Gasteiger partial charge in [-0.25, -0.2) is 0 Å². The van der Waals surface area contributed by atoms with Crippen molar-refractivity contribution in [2.75, 3.05) is 6.54 Å². The summed E-state index contributed by atoms with van der Waals surface area (Å²) in [6.07, 6.45) is 11.4. The molecule has 1 N–H and O–H groups in total. The predicted octanol–water partition coefficient (Wildman–Crippen LogP) is 2.36. The molecule has 1 fully saturated rings. The van der Waals surface area contributed by atoms with Crippen molar-refractivity contribution in [2.24, 2.45) is 0 Å². The molecule has 0 amide bonds. The zero-order valence-corrected chi connectivity index (χ0v) is 7.61. The molecule has 1 unspecified atom stereocenters. The first-order valence-electron chi connectivity index (χ1n) is 4.59. The molecule has 2 heteroatoms. The Morgan fingerprint density at radius 2 is 2.17 bits per heavy atom. The Hall–Kier alpha value is -0.600. The van der Waals surface area contributed by atoms with E-state index < -0.39 is 0 Å². The quantitative estimate of drug-likeness (QED) is 0.638. The molecule has 0 bridgehead atoms. The second-order valence-electron chi connectivity index (χ2n) is 3.14. The lowest BCUT2D eigenvalue weighted by Crippen LogP contribution is -2.35. The van der Waals surface area contributed by atoms with Crippen molar-refractivity contribution in [3.63, 3.8) is 0 Å². The molecule has 0 aromatic carbocycles. The zero-order chi connectivity index (χ0) is 8.81. The third-order valence-corrected chi connectivity index (χ3v) is 2.16. The Morgan fingerprint density at radius 1 is 1.33 bits per heavy atom. The van der Waals surface area contributed by atoms with Crippen LogP contribution >= 0.6 is 0 Å². The van der Waals surface area contributed by atoms with Gasteiger partial charge < -0.3 is 5.21 Å². The van der Waals surface area contributed by atoms with E-state index in [9.17, 15) is 5.21 Å². The van der Waals surface area contributed by atoms with Crippen LogP contribution in [0.25, 0.3) is 0 Å². The summed E-state index contributed by atoms with van der Waals surface area (Å²) in [4.78, 5) is 0. The highest BCUT2D eigenvalue weighted by molar-refractivity contribution is 5.05. The molecule has 1 heterocycles. The molecule has 1 aliphatic heterocycles. The average Bonchev–Trinajstić information content (AvgIpc) is 2.09.